The minimum atomic E-state index is -1.01. The molecule has 1 N–H and O–H groups in total. The second-order valence-corrected chi connectivity index (χ2v) is 4.22. The smallest absolute Gasteiger partial charge is 0.308 e. The minimum absolute atomic E-state index is 0.0479. The van der Waals surface area contributed by atoms with E-state index in [0.29, 0.717) is 19.4 Å². The van der Waals surface area contributed by atoms with Gasteiger partial charge in [-0.25, -0.2) is 0 Å². The molecule has 0 radical (unpaired) electrons. The lowest BCUT2D eigenvalue weighted by Gasteiger charge is -2.25. The molecule has 0 aliphatic carbocycles. The van der Waals surface area contributed by atoms with E-state index in [0.717, 1.165) is 5.56 Å². The summed E-state index contributed by atoms with van der Waals surface area (Å²) in [6, 6.07) is 9.68. The quantitative estimate of drug-likeness (QED) is 0.771. The summed E-state index contributed by atoms with van der Waals surface area (Å²) in [4.78, 5) is 11.4. The van der Waals surface area contributed by atoms with Gasteiger partial charge in [0, 0.05) is 6.42 Å². The van der Waals surface area contributed by atoms with E-state index in [1.165, 1.54) is 0 Å². The number of esters is 1. The lowest BCUT2D eigenvalue weighted by atomic mass is 9.89. The predicted molar refractivity (Wildman–Crippen MR) is 66.6 cm³/mol. The van der Waals surface area contributed by atoms with Crippen molar-refractivity contribution < 1.29 is 14.6 Å². The SMILES string of the molecule is CCOC(=O)CC(O)(CC)Cc1ccccc1. The van der Waals surface area contributed by atoms with Crippen molar-refractivity contribution in [1.29, 1.82) is 0 Å². The Morgan fingerprint density at radius 1 is 1.29 bits per heavy atom. The van der Waals surface area contributed by atoms with Gasteiger partial charge in [0.15, 0.2) is 0 Å². The normalized spacial score (nSPS) is 14.1. The maximum Gasteiger partial charge on any atom is 0.308 e. The van der Waals surface area contributed by atoms with Crippen LogP contribution in [-0.4, -0.2) is 23.3 Å². The van der Waals surface area contributed by atoms with Crippen LogP contribution >= 0.6 is 0 Å². The van der Waals surface area contributed by atoms with Crippen LogP contribution in [-0.2, 0) is 16.0 Å². The van der Waals surface area contributed by atoms with E-state index in [4.69, 9.17) is 4.74 Å². The minimum Gasteiger partial charge on any atom is -0.466 e. The van der Waals surface area contributed by atoms with Crippen LogP contribution in [0.4, 0.5) is 0 Å². The third-order valence-electron chi connectivity index (χ3n) is 2.81. The van der Waals surface area contributed by atoms with E-state index in [-0.39, 0.29) is 12.4 Å². The first-order valence-electron chi connectivity index (χ1n) is 6.01. The molecule has 3 nitrogen and oxygen atoms in total. The van der Waals surface area contributed by atoms with Crippen molar-refractivity contribution in [1.82, 2.24) is 0 Å². The molecule has 1 aromatic rings. The molecule has 0 heterocycles. The highest BCUT2D eigenvalue weighted by atomic mass is 16.5. The maximum atomic E-state index is 11.4. The molecule has 3 heteroatoms. The fraction of sp³-hybridized carbons (Fsp3) is 0.500. The van der Waals surface area contributed by atoms with E-state index in [1.54, 1.807) is 6.92 Å². The lowest BCUT2D eigenvalue weighted by Crippen LogP contribution is -2.34. The molecule has 0 aliphatic heterocycles. The van der Waals surface area contributed by atoms with Gasteiger partial charge in [-0.15, -0.1) is 0 Å². The third kappa shape index (κ3) is 4.57. The van der Waals surface area contributed by atoms with Crippen LogP contribution in [0.2, 0.25) is 0 Å². The number of carbonyl (C=O) groups excluding carboxylic acids is 1. The Morgan fingerprint density at radius 3 is 2.47 bits per heavy atom. The standard InChI is InChI=1S/C14H20O3/c1-3-14(16,11-13(15)17-4-2)10-12-8-6-5-7-9-12/h5-9,16H,3-4,10-11H2,1-2H3. The molecular weight excluding hydrogens is 216 g/mol. The van der Waals surface area contributed by atoms with Crippen molar-refractivity contribution in [3.8, 4) is 0 Å². The largest absolute Gasteiger partial charge is 0.466 e. The monoisotopic (exact) mass is 236 g/mol. The summed E-state index contributed by atoms with van der Waals surface area (Å²) >= 11 is 0. The zero-order valence-electron chi connectivity index (χ0n) is 10.5. The molecule has 1 aromatic carbocycles. The number of hydrogen-bond acceptors (Lipinski definition) is 3. The Morgan fingerprint density at radius 2 is 1.94 bits per heavy atom. The fourth-order valence-corrected chi connectivity index (χ4v) is 1.77. The van der Waals surface area contributed by atoms with Crippen LogP contribution in [0.3, 0.4) is 0 Å². The van der Waals surface area contributed by atoms with Crippen LogP contribution in [0.5, 0.6) is 0 Å². The van der Waals surface area contributed by atoms with Gasteiger partial charge in [0.1, 0.15) is 0 Å². The number of aliphatic hydroxyl groups is 1. The van der Waals surface area contributed by atoms with Crippen molar-refractivity contribution in [2.45, 2.75) is 38.7 Å². The van der Waals surface area contributed by atoms with Crippen LogP contribution in [0, 0.1) is 0 Å². The van der Waals surface area contributed by atoms with E-state index < -0.39 is 5.60 Å². The van der Waals surface area contributed by atoms with Crippen molar-refractivity contribution in [3.63, 3.8) is 0 Å². The van der Waals surface area contributed by atoms with E-state index >= 15 is 0 Å². The van der Waals surface area contributed by atoms with E-state index in [2.05, 4.69) is 0 Å². The summed E-state index contributed by atoms with van der Waals surface area (Å²) in [6.45, 7) is 3.99. The van der Waals surface area contributed by atoms with Crippen molar-refractivity contribution in [3.05, 3.63) is 35.9 Å². The molecule has 17 heavy (non-hydrogen) atoms. The summed E-state index contributed by atoms with van der Waals surface area (Å²) < 4.78 is 4.88. The first-order chi connectivity index (χ1) is 8.09. The van der Waals surface area contributed by atoms with Gasteiger partial charge in [-0.3, -0.25) is 4.79 Å². The van der Waals surface area contributed by atoms with Gasteiger partial charge in [0.25, 0.3) is 0 Å². The highest BCUT2D eigenvalue weighted by Gasteiger charge is 2.29. The zero-order valence-corrected chi connectivity index (χ0v) is 10.5. The highest BCUT2D eigenvalue weighted by Crippen LogP contribution is 2.21. The maximum absolute atomic E-state index is 11.4. The Bertz CT molecular complexity index is 348. The molecule has 0 saturated heterocycles. The van der Waals surface area contributed by atoms with Crippen molar-refractivity contribution in [2.24, 2.45) is 0 Å². The van der Waals surface area contributed by atoms with Gasteiger partial charge in [-0.05, 0) is 18.9 Å². The summed E-state index contributed by atoms with van der Waals surface area (Å²) in [5.41, 5.74) is 0.0225. The molecule has 0 bridgehead atoms. The summed E-state index contributed by atoms with van der Waals surface area (Å²) in [7, 11) is 0. The first-order valence-corrected chi connectivity index (χ1v) is 6.01. The molecule has 0 saturated carbocycles. The van der Waals surface area contributed by atoms with Crippen LogP contribution in [0.25, 0.3) is 0 Å². The van der Waals surface area contributed by atoms with Gasteiger partial charge in [-0.2, -0.15) is 0 Å². The molecule has 0 fully saturated rings. The highest BCUT2D eigenvalue weighted by molar-refractivity contribution is 5.70. The number of benzene rings is 1. The number of carbonyl (C=O) groups is 1. The second kappa shape index (κ2) is 6.40. The van der Waals surface area contributed by atoms with Gasteiger partial charge >= 0.3 is 5.97 Å². The molecule has 0 aromatic heterocycles. The van der Waals surface area contributed by atoms with Crippen LogP contribution in [0.1, 0.15) is 32.3 Å². The molecule has 0 amide bonds. The topological polar surface area (TPSA) is 46.5 Å². The molecule has 1 atom stereocenters. The van der Waals surface area contributed by atoms with Gasteiger partial charge in [0.2, 0.25) is 0 Å². The molecule has 94 valence electrons. The first kappa shape index (κ1) is 13.7. The Hall–Kier alpha value is -1.35. The number of rotatable bonds is 6. The zero-order chi connectivity index (χ0) is 12.7. The van der Waals surface area contributed by atoms with Crippen LogP contribution < -0.4 is 0 Å². The van der Waals surface area contributed by atoms with Gasteiger partial charge in [-0.1, -0.05) is 37.3 Å². The lowest BCUT2D eigenvalue weighted by molar-refractivity contribution is -0.148. The number of hydrogen-bond donors (Lipinski definition) is 1. The molecular formula is C14H20O3. The summed E-state index contributed by atoms with van der Waals surface area (Å²) in [6.07, 6.45) is 1.05. The Balaban J connectivity index is 2.65. The Labute approximate surface area is 102 Å². The number of ether oxygens (including phenoxy) is 1. The van der Waals surface area contributed by atoms with Gasteiger partial charge in [0.05, 0.1) is 18.6 Å². The summed E-state index contributed by atoms with van der Waals surface area (Å²) in [5.74, 6) is -0.340. The molecule has 0 spiro atoms. The summed E-state index contributed by atoms with van der Waals surface area (Å²) in [5, 5.41) is 10.4. The average molecular weight is 236 g/mol. The van der Waals surface area contributed by atoms with E-state index in [9.17, 15) is 9.90 Å². The van der Waals surface area contributed by atoms with Gasteiger partial charge < -0.3 is 9.84 Å². The molecule has 1 unspecified atom stereocenters. The van der Waals surface area contributed by atoms with E-state index in [1.807, 2.05) is 37.3 Å². The Kier molecular flexibility index (Phi) is 5.16. The predicted octanol–water partition coefficient (Wildman–Crippen LogP) is 2.32. The van der Waals surface area contributed by atoms with Crippen molar-refractivity contribution >= 4 is 5.97 Å². The van der Waals surface area contributed by atoms with Crippen LogP contribution in [0.15, 0.2) is 30.3 Å². The fourth-order valence-electron chi connectivity index (χ4n) is 1.77. The van der Waals surface area contributed by atoms with Crippen molar-refractivity contribution in [2.75, 3.05) is 6.61 Å². The third-order valence-corrected chi connectivity index (χ3v) is 2.81. The molecule has 0 aliphatic rings. The molecule has 1 rings (SSSR count). The second-order valence-electron chi connectivity index (χ2n) is 4.22. The average Bonchev–Trinajstić information content (AvgIpc) is 2.30.